The lowest BCUT2D eigenvalue weighted by Gasteiger charge is -2.33. The van der Waals surface area contributed by atoms with Crippen LogP contribution in [-0.4, -0.2) is 25.2 Å². The van der Waals surface area contributed by atoms with E-state index < -0.39 is 0 Å². The van der Waals surface area contributed by atoms with Gasteiger partial charge in [0.15, 0.2) is 17.5 Å². The molecule has 5 nitrogen and oxygen atoms in total. The van der Waals surface area contributed by atoms with Gasteiger partial charge in [-0.15, -0.1) is 24.0 Å². The quantitative estimate of drug-likeness (QED) is 0.389. The molecule has 0 radical (unpaired) electrons. The van der Waals surface area contributed by atoms with Crippen molar-refractivity contribution in [3.63, 3.8) is 0 Å². The summed E-state index contributed by atoms with van der Waals surface area (Å²) in [5.41, 5.74) is 8.03. The van der Waals surface area contributed by atoms with E-state index in [-0.39, 0.29) is 35.8 Å². The number of fused-ring (bicyclic) bond motifs is 1. The number of nitrogens with one attached hydrogen (secondary N) is 1. The first-order valence-corrected chi connectivity index (χ1v) is 8.93. The van der Waals surface area contributed by atoms with Crippen molar-refractivity contribution in [1.82, 2.24) is 0 Å². The highest BCUT2D eigenvalue weighted by atomic mass is 127. The molecule has 1 aliphatic carbocycles. The maximum absolute atomic E-state index is 13.0. The topological polar surface area (TPSA) is 68.9 Å². The van der Waals surface area contributed by atoms with Gasteiger partial charge in [-0.3, -0.25) is 0 Å². The number of aliphatic imine (C=N–C) groups is 1. The Morgan fingerprint density at radius 3 is 2.48 bits per heavy atom. The zero-order valence-corrected chi connectivity index (χ0v) is 17.2. The normalized spacial score (nSPS) is 21.4. The van der Waals surface area contributed by atoms with Crippen molar-refractivity contribution in [2.75, 3.05) is 18.5 Å². The SMILES string of the molecule is I.NC(=NC1CC(c2ccc(F)cc2)C1)Nc1ccc2c(c1)OCCCO2. The molecular formula is C20H23FIN3O2. The molecule has 2 aromatic rings. The highest BCUT2D eigenvalue weighted by Crippen LogP contribution is 2.39. The molecule has 0 spiro atoms. The van der Waals surface area contributed by atoms with Crippen LogP contribution < -0.4 is 20.5 Å². The minimum atomic E-state index is -0.203. The average molecular weight is 483 g/mol. The monoisotopic (exact) mass is 483 g/mol. The molecule has 1 fully saturated rings. The van der Waals surface area contributed by atoms with Crippen molar-refractivity contribution in [2.24, 2.45) is 10.7 Å². The number of nitrogens with zero attached hydrogens (tertiary/aromatic N) is 1. The van der Waals surface area contributed by atoms with Gasteiger partial charge in [-0.05, 0) is 48.6 Å². The summed E-state index contributed by atoms with van der Waals surface area (Å²) in [7, 11) is 0. The van der Waals surface area contributed by atoms with Gasteiger partial charge in [-0.1, -0.05) is 12.1 Å². The summed E-state index contributed by atoms with van der Waals surface area (Å²) in [4.78, 5) is 4.54. The van der Waals surface area contributed by atoms with Gasteiger partial charge < -0.3 is 20.5 Å². The second-order valence-electron chi connectivity index (χ2n) is 6.73. The summed E-state index contributed by atoms with van der Waals surface area (Å²) in [6.45, 7) is 1.31. The lowest BCUT2D eigenvalue weighted by Crippen LogP contribution is -2.31. The van der Waals surface area contributed by atoms with Crippen molar-refractivity contribution in [3.05, 3.63) is 53.8 Å². The van der Waals surface area contributed by atoms with E-state index >= 15 is 0 Å². The van der Waals surface area contributed by atoms with E-state index in [0.29, 0.717) is 25.1 Å². The Morgan fingerprint density at radius 1 is 1.04 bits per heavy atom. The second-order valence-corrected chi connectivity index (χ2v) is 6.73. The third-order valence-electron chi connectivity index (χ3n) is 4.80. The van der Waals surface area contributed by atoms with Crippen LogP contribution in [0.3, 0.4) is 0 Å². The lowest BCUT2D eigenvalue weighted by molar-refractivity contribution is 0.297. The highest BCUT2D eigenvalue weighted by molar-refractivity contribution is 14.0. The van der Waals surface area contributed by atoms with Gasteiger partial charge >= 0.3 is 0 Å². The fourth-order valence-corrected chi connectivity index (χ4v) is 3.32. The van der Waals surface area contributed by atoms with E-state index in [1.807, 2.05) is 30.3 Å². The summed E-state index contributed by atoms with van der Waals surface area (Å²) in [5.74, 6) is 2.09. The largest absolute Gasteiger partial charge is 0.490 e. The molecule has 4 rings (SSSR count). The Balaban J connectivity index is 0.00000210. The van der Waals surface area contributed by atoms with Gasteiger partial charge in [-0.2, -0.15) is 0 Å². The van der Waals surface area contributed by atoms with Gasteiger partial charge in [0, 0.05) is 18.2 Å². The number of nitrogens with two attached hydrogens (primary N) is 1. The molecule has 1 heterocycles. The van der Waals surface area contributed by atoms with Crippen LogP contribution in [-0.2, 0) is 0 Å². The van der Waals surface area contributed by atoms with Crippen LogP contribution in [0.15, 0.2) is 47.5 Å². The lowest BCUT2D eigenvalue weighted by atomic mass is 9.76. The molecule has 2 aliphatic rings. The number of benzene rings is 2. The maximum atomic E-state index is 13.0. The smallest absolute Gasteiger partial charge is 0.193 e. The number of anilines is 1. The summed E-state index contributed by atoms with van der Waals surface area (Å²) < 4.78 is 24.3. The molecule has 0 aromatic heterocycles. The molecule has 0 amide bonds. The van der Waals surface area contributed by atoms with Gasteiger partial charge in [0.05, 0.1) is 19.3 Å². The van der Waals surface area contributed by atoms with Crippen LogP contribution in [0, 0.1) is 5.82 Å². The molecule has 1 aliphatic heterocycles. The molecule has 144 valence electrons. The number of rotatable bonds is 3. The predicted octanol–water partition coefficient (Wildman–Crippen LogP) is 4.28. The fraction of sp³-hybridized carbons (Fsp3) is 0.350. The predicted molar refractivity (Wildman–Crippen MR) is 115 cm³/mol. The third kappa shape index (κ3) is 4.82. The zero-order chi connectivity index (χ0) is 17.9. The Labute approximate surface area is 175 Å². The Bertz CT molecular complexity index is 807. The summed E-state index contributed by atoms with van der Waals surface area (Å²) in [6.07, 6.45) is 2.72. The molecule has 3 N–H and O–H groups in total. The Morgan fingerprint density at radius 2 is 1.74 bits per heavy atom. The van der Waals surface area contributed by atoms with Crippen LogP contribution in [0.1, 0.15) is 30.7 Å². The number of hydrogen-bond donors (Lipinski definition) is 2. The fourth-order valence-electron chi connectivity index (χ4n) is 3.32. The molecule has 0 unspecified atom stereocenters. The third-order valence-corrected chi connectivity index (χ3v) is 4.80. The molecule has 0 saturated heterocycles. The van der Waals surface area contributed by atoms with Crippen molar-refractivity contribution in [2.45, 2.75) is 31.2 Å². The van der Waals surface area contributed by atoms with E-state index in [0.717, 1.165) is 42.0 Å². The van der Waals surface area contributed by atoms with E-state index in [9.17, 15) is 4.39 Å². The number of ether oxygens (including phenoxy) is 2. The van der Waals surface area contributed by atoms with Crippen molar-refractivity contribution in [3.8, 4) is 11.5 Å². The Kier molecular flexibility index (Phi) is 6.41. The van der Waals surface area contributed by atoms with E-state index in [2.05, 4.69) is 10.3 Å². The van der Waals surface area contributed by atoms with Gasteiger partial charge in [-0.25, -0.2) is 9.38 Å². The zero-order valence-electron chi connectivity index (χ0n) is 14.9. The highest BCUT2D eigenvalue weighted by Gasteiger charge is 2.30. The molecular weight excluding hydrogens is 460 g/mol. The molecule has 0 bridgehead atoms. The van der Waals surface area contributed by atoms with E-state index in [4.69, 9.17) is 15.2 Å². The summed E-state index contributed by atoms with van der Waals surface area (Å²) >= 11 is 0. The van der Waals surface area contributed by atoms with Crippen LogP contribution in [0.25, 0.3) is 0 Å². The second kappa shape index (κ2) is 8.77. The first kappa shape index (κ1) is 19.7. The van der Waals surface area contributed by atoms with Crippen molar-refractivity contribution in [1.29, 1.82) is 0 Å². The summed E-state index contributed by atoms with van der Waals surface area (Å²) in [6, 6.07) is 12.6. The standard InChI is InChI=1S/C20H22FN3O2.HI/c21-15-4-2-13(3-5-15)14-10-17(11-14)24-20(22)23-16-6-7-18-19(12-16)26-9-1-8-25-18;/h2-7,12,14,17H,1,8-11H2,(H3,22,23,24);1H. The minimum absolute atomic E-state index is 0. The maximum Gasteiger partial charge on any atom is 0.193 e. The van der Waals surface area contributed by atoms with Crippen molar-refractivity contribution >= 4 is 35.6 Å². The van der Waals surface area contributed by atoms with Gasteiger partial charge in [0.1, 0.15) is 5.82 Å². The minimum Gasteiger partial charge on any atom is -0.490 e. The molecule has 7 heteroatoms. The number of hydrogen-bond acceptors (Lipinski definition) is 3. The van der Waals surface area contributed by atoms with Crippen molar-refractivity contribution < 1.29 is 13.9 Å². The first-order valence-electron chi connectivity index (χ1n) is 8.93. The molecule has 27 heavy (non-hydrogen) atoms. The van der Waals surface area contributed by atoms with Crippen LogP contribution >= 0.6 is 24.0 Å². The average Bonchev–Trinajstić information content (AvgIpc) is 2.84. The van der Waals surface area contributed by atoms with Gasteiger partial charge in [0.25, 0.3) is 0 Å². The van der Waals surface area contributed by atoms with Crippen LogP contribution in [0.2, 0.25) is 0 Å². The molecule has 0 atom stereocenters. The van der Waals surface area contributed by atoms with Crippen LogP contribution in [0.5, 0.6) is 11.5 Å². The molecule has 2 aromatic carbocycles. The van der Waals surface area contributed by atoms with E-state index in [1.54, 1.807) is 0 Å². The summed E-state index contributed by atoms with van der Waals surface area (Å²) in [5, 5.41) is 3.12. The molecule has 1 saturated carbocycles. The number of guanidine groups is 1. The van der Waals surface area contributed by atoms with Crippen LogP contribution in [0.4, 0.5) is 10.1 Å². The Hall–Kier alpha value is -2.03. The van der Waals surface area contributed by atoms with Gasteiger partial charge in [0.2, 0.25) is 0 Å². The van der Waals surface area contributed by atoms with E-state index in [1.165, 1.54) is 12.1 Å². The number of halogens is 2. The first-order chi connectivity index (χ1) is 12.7.